The standard InChI is InChI=1S/C19H32N6O/c1-3-23-10-4-6-19(2,16-23)17(26)20-9-11-24-12-14-25(15-13-24)18-21-7-5-8-22-18/h5,7-8H,3-4,6,9-16H2,1-2H3,(H,20,26). The van der Waals surface area contributed by atoms with E-state index in [0.29, 0.717) is 0 Å². The molecule has 0 radical (unpaired) electrons. The van der Waals surface area contributed by atoms with Crippen LogP contribution in [0.5, 0.6) is 0 Å². The molecule has 1 aromatic rings. The van der Waals surface area contributed by atoms with E-state index in [1.54, 1.807) is 12.4 Å². The zero-order chi connectivity index (χ0) is 18.4. The van der Waals surface area contributed by atoms with Crippen LogP contribution >= 0.6 is 0 Å². The smallest absolute Gasteiger partial charge is 0.227 e. The van der Waals surface area contributed by atoms with E-state index in [1.807, 2.05) is 6.07 Å². The fraction of sp³-hybridized carbons (Fsp3) is 0.737. The van der Waals surface area contributed by atoms with Gasteiger partial charge in [0.1, 0.15) is 0 Å². The third-order valence-corrected chi connectivity index (χ3v) is 5.69. The number of hydrogen-bond donors (Lipinski definition) is 1. The Labute approximate surface area is 156 Å². The number of amides is 1. The highest BCUT2D eigenvalue weighted by molar-refractivity contribution is 5.82. The van der Waals surface area contributed by atoms with E-state index in [4.69, 9.17) is 0 Å². The summed E-state index contributed by atoms with van der Waals surface area (Å²) in [5.41, 5.74) is -0.238. The Morgan fingerprint density at radius 1 is 1.15 bits per heavy atom. The summed E-state index contributed by atoms with van der Waals surface area (Å²) in [6, 6.07) is 1.84. The number of nitrogens with one attached hydrogen (secondary N) is 1. The molecule has 1 N–H and O–H groups in total. The molecule has 3 rings (SSSR count). The number of carbonyl (C=O) groups excluding carboxylic acids is 1. The predicted molar refractivity (Wildman–Crippen MR) is 103 cm³/mol. The average molecular weight is 361 g/mol. The largest absolute Gasteiger partial charge is 0.354 e. The summed E-state index contributed by atoms with van der Waals surface area (Å²) in [6.07, 6.45) is 5.68. The van der Waals surface area contributed by atoms with E-state index in [0.717, 1.165) is 77.7 Å². The third kappa shape index (κ3) is 4.71. The van der Waals surface area contributed by atoms with Crippen LogP contribution in [0.25, 0.3) is 0 Å². The number of likely N-dealkylation sites (tertiary alicyclic amines) is 1. The van der Waals surface area contributed by atoms with Crippen molar-refractivity contribution in [3.8, 4) is 0 Å². The van der Waals surface area contributed by atoms with Crippen LogP contribution in [0.3, 0.4) is 0 Å². The molecule has 0 aliphatic carbocycles. The van der Waals surface area contributed by atoms with E-state index in [1.165, 1.54) is 0 Å². The Morgan fingerprint density at radius 2 is 1.88 bits per heavy atom. The van der Waals surface area contributed by atoms with Gasteiger partial charge in [-0.05, 0) is 38.9 Å². The molecule has 2 aliphatic heterocycles. The lowest BCUT2D eigenvalue weighted by Gasteiger charge is -2.39. The molecule has 0 saturated carbocycles. The maximum absolute atomic E-state index is 12.7. The molecule has 0 spiro atoms. The van der Waals surface area contributed by atoms with Crippen molar-refractivity contribution in [2.75, 3.05) is 63.8 Å². The zero-order valence-corrected chi connectivity index (χ0v) is 16.2. The van der Waals surface area contributed by atoms with Gasteiger partial charge < -0.3 is 15.1 Å². The van der Waals surface area contributed by atoms with Gasteiger partial charge in [0, 0.05) is 58.2 Å². The molecule has 7 heteroatoms. The molecular formula is C19H32N6O. The monoisotopic (exact) mass is 360 g/mol. The van der Waals surface area contributed by atoms with Gasteiger partial charge in [-0.3, -0.25) is 9.69 Å². The number of carbonyl (C=O) groups is 1. The minimum atomic E-state index is -0.238. The van der Waals surface area contributed by atoms with Crippen molar-refractivity contribution >= 4 is 11.9 Å². The van der Waals surface area contributed by atoms with Crippen LogP contribution in [-0.2, 0) is 4.79 Å². The van der Waals surface area contributed by atoms with Crippen LogP contribution in [-0.4, -0.2) is 84.6 Å². The second-order valence-corrected chi connectivity index (χ2v) is 7.67. The lowest BCUT2D eigenvalue weighted by molar-refractivity contribution is -0.133. The Balaban J connectivity index is 1.38. The fourth-order valence-electron chi connectivity index (χ4n) is 3.97. The minimum absolute atomic E-state index is 0.215. The predicted octanol–water partition coefficient (Wildman–Crippen LogP) is 0.837. The van der Waals surface area contributed by atoms with Gasteiger partial charge in [-0.25, -0.2) is 9.97 Å². The van der Waals surface area contributed by atoms with Gasteiger partial charge in [-0.2, -0.15) is 0 Å². The molecule has 2 saturated heterocycles. The van der Waals surface area contributed by atoms with Gasteiger partial charge in [0.2, 0.25) is 11.9 Å². The summed E-state index contributed by atoms with van der Waals surface area (Å²) in [5.74, 6) is 1.03. The maximum atomic E-state index is 12.7. The molecule has 1 aromatic heterocycles. The highest BCUT2D eigenvalue weighted by atomic mass is 16.2. The van der Waals surface area contributed by atoms with Gasteiger partial charge >= 0.3 is 0 Å². The summed E-state index contributed by atoms with van der Waals surface area (Å²) < 4.78 is 0. The van der Waals surface area contributed by atoms with Crippen LogP contribution < -0.4 is 10.2 Å². The van der Waals surface area contributed by atoms with Crippen molar-refractivity contribution in [2.24, 2.45) is 5.41 Å². The topological polar surface area (TPSA) is 64.6 Å². The molecule has 26 heavy (non-hydrogen) atoms. The molecule has 1 atom stereocenters. The minimum Gasteiger partial charge on any atom is -0.354 e. The van der Waals surface area contributed by atoms with E-state index in [2.05, 4.69) is 43.8 Å². The highest BCUT2D eigenvalue weighted by Gasteiger charge is 2.37. The number of hydrogen-bond acceptors (Lipinski definition) is 6. The molecule has 144 valence electrons. The van der Waals surface area contributed by atoms with Gasteiger partial charge in [-0.1, -0.05) is 6.92 Å². The fourth-order valence-corrected chi connectivity index (χ4v) is 3.97. The van der Waals surface area contributed by atoms with Crippen LogP contribution in [0.1, 0.15) is 26.7 Å². The van der Waals surface area contributed by atoms with E-state index in [9.17, 15) is 4.79 Å². The Bertz CT molecular complexity index is 575. The van der Waals surface area contributed by atoms with Crippen molar-refractivity contribution in [3.05, 3.63) is 18.5 Å². The van der Waals surface area contributed by atoms with Crippen LogP contribution in [0, 0.1) is 5.41 Å². The van der Waals surface area contributed by atoms with E-state index in [-0.39, 0.29) is 11.3 Å². The van der Waals surface area contributed by atoms with Crippen molar-refractivity contribution in [3.63, 3.8) is 0 Å². The number of aromatic nitrogens is 2. The quantitative estimate of drug-likeness (QED) is 0.811. The van der Waals surface area contributed by atoms with Gasteiger partial charge in [0.25, 0.3) is 0 Å². The summed E-state index contributed by atoms with van der Waals surface area (Å²) in [7, 11) is 0. The molecule has 7 nitrogen and oxygen atoms in total. The summed E-state index contributed by atoms with van der Waals surface area (Å²) in [5, 5.41) is 3.18. The van der Waals surface area contributed by atoms with Crippen LogP contribution in [0.15, 0.2) is 18.5 Å². The number of anilines is 1. The number of piperazine rings is 1. The zero-order valence-electron chi connectivity index (χ0n) is 16.2. The molecule has 1 amide bonds. The SMILES string of the molecule is CCN1CCCC(C)(C(=O)NCCN2CCN(c3ncccn3)CC2)C1. The third-order valence-electron chi connectivity index (χ3n) is 5.69. The molecule has 2 fully saturated rings. The first-order valence-electron chi connectivity index (χ1n) is 9.86. The first kappa shape index (κ1) is 19.0. The maximum Gasteiger partial charge on any atom is 0.227 e. The molecule has 3 heterocycles. The van der Waals surface area contributed by atoms with Crippen molar-refractivity contribution in [1.82, 2.24) is 25.1 Å². The van der Waals surface area contributed by atoms with E-state index < -0.39 is 0 Å². The second kappa shape index (κ2) is 8.77. The molecule has 0 bridgehead atoms. The number of piperidine rings is 1. The number of nitrogens with zero attached hydrogens (tertiary/aromatic N) is 5. The molecule has 2 aliphatic rings. The lowest BCUT2D eigenvalue weighted by Crippen LogP contribution is -2.52. The first-order chi connectivity index (χ1) is 12.6. The highest BCUT2D eigenvalue weighted by Crippen LogP contribution is 2.29. The van der Waals surface area contributed by atoms with Crippen LogP contribution in [0.2, 0.25) is 0 Å². The summed E-state index contributed by atoms with van der Waals surface area (Å²) in [4.78, 5) is 28.3. The van der Waals surface area contributed by atoms with Crippen LogP contribution in [0.4, 0.5) is 5.95 Å². The average Bonchev–Trinajstić information content (AvgIpc) is 2.69. The van der Waals surface area contributed by atoms with Gasteiger partial charge in [-0.15, -0.1) is 0 Å². The lowest BCUT2D eigenvalue weighted by atomic mass is 9.81. The van der Waals surface area contributed by atoms with Gasteiger partial charge in [0.15, 0.2) is 0 Å². The Hall–Kier alpha value is -1.73. The molecule has 0 aromatic carbocycles. The van der Waals surface area contributed by atoms with E-state index >= 15 is 0 Å². The second-order valence-electron chi connectivity index (χ2n) is 7.67. The Morgan fingerprint density at radius 3 is 2.58 bits per heavy atom. The first-order valence-corrected chi connectivity index (χ1v) is 9.86. The van der Waals surface area contributed by atoms with Crippen molar-refractivity contribution in [1.29, 1.82) is 0 Å². The molecule has 1 unspecified atom stereocenters. The number of rotatable bonds is 6. The molecular weight excluding hydrogens is 328 g/mol. The normalized spacial score (nSPS) is 25.2. The van der Waals surface area contributed by atoms with Crippen molar-refractivity contribution < 1.29 is 4.79 Å². The van der Waals surface area contributed by atoms with Gasteiger partial charge in [0.05, 0.1) is 5.41 Å². The van der Waals surface area contributed by atoms with Crippen molar-refractivity contribution in [2.45, 2.75) is 26.7 Å². The summed E-state index contributed by atoms with van der Waals surface area (Å²) in [6.45, 7) is 12.8. The summed E-state index contributed by atoms with van der Waals surface area (Å²) >= 11 is 0. The Kier molecular flexibility index (Phi) is 6.43.